The molecule has 0 unspecified atom stereocenters. The Balaban J connectivity index is 1.60. The van der Waals surface area contributed by atoms with Gasteiger partial charge in [0, 0.05) is 48.9 Å². The molecule has 3 aliphatic rings. The van der Waals surface area contributed by atoms with Crippen LogP contribution in [0.25, 0.3) is 5.65 Å². The Morgan fingerprint density at radius 3 is 3.13 bits per heavy atom. The average Bonchev–Trinajstić information content (AvgIpc) is 3.26. The standard InChI is InChI=1S/C17H22N4O2/c1-10-11(2)19-15-4-6-18-21(15)16(10)20-7-13-12(8-22)14-3-5-17(13,9-20)23-14/h4,6,12-14,22H,3,5,7-9H2,1-2H3/t12-,13+,14+,17+/m1/s1. The van der Waals surface area contributed by atoms with Gasteiger partial charge in [0.15, 0.2) is 5.65 Å². The third-order valence-corrected chi connectivity index (χ3v) is 6.28. The molecule has 3 aliphatic heterocycles. The molecule has 23 heavy (non-hydrogen) atoms. The molecule has 5 rings (SSSR count). The lowest BCUT2D eigenvalue weighted by Gasteiger charge is -2.27. The number of rotatable bonds is 2. The van der Waals surface area contributed by atoms with E-state index in [4.69, 9.17) is 4.74 Å². The molecule has 0 amide bonds. The van der Waals surface area contributed by atoms with Gasteiger partial charge < -0.3 is 14.7 Å². The first-order valence-electron chi connectivity index (χ1n) is 8.47. The van der Waals surface area contributed by atoms with E-state index in [9.17, 15) is 5.11 Å². The fourth-order valence-corrected chi connectivity index (χ4v) is 5.09. The van der Waals surface area contributed by atoms with E-state index in [1.165, 1.54) is 5.56 Å². The fourth-order valence-electron chi connectivity index (χ4n) is 5.09. The van der Waals surface area contributed by atoms with Crippen LogP contribution in [0.2, 0.25) is 0 Å². The van der Waals surface area contributed by atoms with Gasteiger partial charge in [-0.15, -0.1) is 0 Å². The van der Waals surface area contributed by atoms with Crippen molar-refractivity contribution in [3.8, 4) is 0 Å². The van der Waals surface area contributed by atoms with E-state index >= 15 is 0 Å². The van der Waals surface area contributed by atoms with Gasteiger partial charge in [-0.25, -0.2) is 4.98 Å². The monoisotopic (exact) mass is 314 g/mol. The van der Waals surface area contributed by atoms with Gasteiger partial charge in [-0.2, -0.15) is 9.61 Å². The number of aromatic nitrogens is 3. The minimum Gasteiger partial charge on any atom is -0.396 e. The molecule has 0 aliphatic carbocycles. The average molecular weight is 314 g/mol. The Labute approximate surface area is 135 Å². The smallest absolute Gasteiger partial charge is 0.157 e. The molecule has 3 fully saturated rings. The lowest BCUT2D eigenvalue weighted by molar-refractivity contribution is 0.0128. The first kappa shape index (κ1) is 13.7. The molecule has 6 heteroatoms. The summed E-state index contributed by atoms with van der Waals surface area (Å²) in [4.78, 5) is 7.02. The second-order valence-corrected chi connectivity index (χ2v) is 7.34. The van der Waals surface area contributed by atoms with Gasteiger partial charge in [0.1, 0.15) is 5.82 Å². The van der Waals surface area contributed by atoms with Crippen molar-refractivity contribution in [3.63, 3.8) is 0 Å². The van der Waals surface area contributed by atoms with Gasteiger partial charge in [0.25, 0.3) is 0 Å². The summed E-state index contributed by atoms with van der Waals surface area (Å²) in [6.45, 7) is 6.23. The molecule has 3 saturated heterocycles. The van der Waals surface area contributed by atoms with E-state index in [1.807, 2.05) is 10.6 Å². The Hall–Kier alpha value is -1.66. The van der Waals surface area contributed by atoms with Gasteiger partial charge in [-0.05, 0) is 26.7 Å². The molecule has 122 valence electrons. The number of hydrogen-bond acceptors (Lipinski definition) is 5. The van der Waals surface area contributed by atoms with Gasteiger partial charge >= 0.3 is 0 Å². The van der Waals surface area contributed by atoms with E-state index in [0.717, 1.165) is 43.1 Å². The molecule has 1 N–H and O–H groups in total. The van der Waals surface area contributed by atoms with E-state index < -0.39 is 0 Å². The zero-order valence-corrected chi connectivity index (χ0v) is 13.6. The van der Waals surface area contributed by atoms with Crippen LogP contribution in [0, 0.1) is 25.7 Å². The molecule has 5 heterocycles. The van der Waals surface area contributed by atoms with Crippen molar-refractivity contribution in [1.82, 2.24) is 14.6 Å². The largest absolute Gasteiger partial charge is 0.396 e. The number of aliphatic hydroxyl groups is 1. The summed E-state index contributed by atoms with van der Waals surface area (Å²) >= 11 is 0. The maximum absolute atomic E-state index is 9.80. The second kappa shape index (κ2) is 4.45. The SMILES string of the molecule is Cc1nc2ccnn2c(N2C[C@H]3[C@@H](CO)[C@@H]4CC[C@@]3(C2)O4)c1C. The molecule has 2 bridgehead atoms. The Morgan fingerprint density at radius 1 is 1.43 bits per heavy atom. The van der Waals surface area contributed by atoms with Crippen molar-refractivity contribution in [2.45, 2.75) is 38.4 Å². The summed E-state index contributed by atoms with van der Waals surface area (Å²) in [5, 5.41) is 14.3. The summed E-state index contributed by atoms with van der Waals surface area (Å²) in [6, 6.07) is 1.95. The Morgan fingerprint density at radius 2 is 2.30 bits per heavy atom. The number of fused-ring (bicyclic) bond motifs is 2. The third-order valence-electron chi connectivity index (χ3n) is 6.28. The summed E-state index contributed by atoms with van der Waals surface area (Å²) in [7, 11) is 0. The van der Waals surface area contributed by atoms with Crippen LogP contribution in [-0.2, 0) is 4.74 Å². The van der Waals surface area contributed by atoms with E-state index in [1.54, 1.807) is 6.20 Å². The van der Waals surface area contributed by atoms with Crippen LogP contribution in [0.3, 0.4) is 0 Å². The van der Waals surface area contributed by atoms with Crippen molar-refractivity contribution >= 4 is 11.5 Å². The van der Waals surface area contributed by atoms with Crippen LogP contribution in [0.15, 0.2) is 12.3 Å². The van der Waals surface area contributed by atoms with Crippen LogP contribution >= 0.6 is 0 Å². The molecule has 0 radical (unpaired) electrons. The van der Waals surface area contributed by atoms with Crippen LogP contribution < -0.4 is 4.90 Å². The normalized spacial score (nSPS) is 35.4. The first-order chi connectivity index (χ1) is 11.1. The van der Waals surface area contributed by atoms with E-state index in [-0.39, 0.29) is 24.2 Å². The number of aryl methyl sites for hydroxylation is 1. The van der Waals surface area contributed by atoms with Crippen LogP contribution in [0.4, 0.5) is 5.82 Å². The molecule has 2 aromatic rings. The maximum Gasteiger partial charge on any atom is 0.157 e. The van der Waals surface area contributed by atoms with Gasteiger partial charge in [0.2, 0.25) is 0 Å². The number of aliphatic hydroxyl groups excluding tert-OH is 1. The highest BCUT2D eigenvalue weighted by molar-refractivity contribution is 5.57. The minimum absolute atomic E-state index is 0.0683. The lowest BCUT2D eigenvalue weighted by Crippen LogP contribution is -2.38. The number of anilines is 1. The Kier molecular flexibility index (Phi) is 2.66. The van der Waals surface area contributed by atoms with Crippen LogP contribution in [0.5, 0.6) is 0 Å². The molecular formula is C17H22N4O2. The zero-order valence-electron chi connectivity index (χ0n) is 13.6. The quantitative estimate of drug-likeness (QED) is 0.906. The number of nitrogens with zero attached hydrogens (tertiary/aromatic N) is 4. The second-order valence-electron chi connectivity index (χ2n) is 7.34. The van der Waals surface area contributed by atoms with Crippen molar-refractivity contribution in [3.05, 3.63) is 23.5 Å². The van der Waals surface area contributed by atoms with Crippen molar-refractivity contribution in [2.75, 3.05) is 24.6 Å². The summed E-state index contributed by atoms with van der Waals surface area (Å²) in [5.74, 6) is 1.83. The summed E-state index contributed by atoms with van der Waals surface area (Å²) in [5.41, 5.74) is 3.04. The number of ether oxygens (including phenoxy) is 1. The first-order valence-corrected chi connectivity index (χ1v) is 8.47. The molecule has 0 saturated carbocycles. The topological polar surface area (TPSA) is 62.9 Å². The molecule has 6 nitrogen and oxygen atoms in total. The maximum atomic E-state index is 9.80. The van der Waals surface area contributed by atoms with Crippen molar-refractivity contribution in [2.24, 2.45) is 11.8 Å². The summed E-state index contributed by atoms with van der Waals surface area (Å²) < 4.78 is 8.30. The molecule has 2 aromatic heterocycles. The predicted molar refractivity (Wildman–Crippen MR) is 85.6 cm³/mol. The van der Waals surface area contributed by atoms with Crippen LogP contribution in [0.1, 0.15) is 24.1 Å². The highest BCUT2D eigenvalue weighted by atomic mass is 16.5. The molecular weight excluding hydrogens is 292 g/mol. The highest BCUT2D eigenvalue weighted by Crippen LogP contribution is 2.55. The highest BCUT2D eigenvalue weighted by Gasteiger charge is 2.63. The van der Waals surface area contributed by atoms with Crippen molar-refractivity contribution in [1.29, 1.82) is 0 Å². The summed E-state index contributed by atoms with van der Waals surface area (Å²) in [6.07, 6.45) is 4.26. The molecule has 4 atom stereocenters. The van der Waals surface area contributed by atoms with Gasteiger partial charge in [0.05, 0.1) is 17.9 Å². The van der Waals surface area contributed by atoms with Crippen molar-refractivity contribution < 1.29 is 9.84 Å². The van der Waals surface area contributed by atoms with E-state index in [0.29, 0.717) is 5.92 Å². The van der Waals surface area contributed by atoms with E-state index in [2.05, 4.69) is 28.8 Å². The fraction of sp³-hybridized carbons (Fsp3) is 0.647. The zero-order chi connectivity index (χ0) is 15.8. The number of hydrogen-bond donors (Lipinski definition) is 1. The predicted octanol–water partition coefficient (Wildman–Crippen LogP) is 1.32. The third kappa shape index (κ3) is 1.65. The van der Waals surface area contributed by atoms with Crippen LogP contribution in [-0.4, -0.2) is 51.1 Å². The molecule has 0 aromatic carbocycles. The van der Waals surface area contributed by atoms with Gasteiger partial charge in [-0.1, -0.05) is 0 Å². The van der Waals surface area contributed by atoms with Gasteiger partial charge in [-0.3, -0.25) is 0 Å². The minimum atomic E-state index is -0.0683. The lowest BCUT2D eigenvalue weighted by atomic mass is 9.74. The Bertz CT molecular complexity index is 788. The molecule has 1 spiro atoms.